The van der Waals surface area contributed by atoms with Crippen molar-refractivity contribution in [1.29, 1.82) is 0 Å². The summed E-state index contributed by atoms with van der Waals surface area (Å²) in [6.07, 6.45) is 4.23. The monoisotopic (exact) mass is 432 g/mol. The van der Waals surface area contributed by atoms with Crippen molar-refractivity contribution < 1.29 is 14.4 Å². The highest BCUT2D eigenvalue weighted by Crippen LogP contribution is 2.28. The Morgan fingerprint density at radius 3 is 2.25 bits per heavy atom. The van der Waals surface area contributed by atoms with Crippen LogP contribution in [0.5, 0.6) is 0 Å². The maximum absolute atomic E-state index is 13.0. The summed E-state index contributed by atoms with van der Waals surface area (Å²) >= 11 is 0. The topological polar surface area (TPSA) is 73.0 Å². The number of benzene rings is 2. The lowest BCUT2D eigenvalue weighted by Crippen LogP contribution is -2.52. The highest BCUT2D eigenvalue weighted by molar-refractivity contribution is 6.09. The molecule has 7 nitrogen and oxygen atoms in total. The van der Waals surface area contributed by atoms with Crippen molar-refractivity contribution in [3.8, 4) is 0 Å². The van der Waals surface area contributed by atoms with Crippen LogP contribution in [0.1, 0.15) is 18.1 Å². The molecule has 0 aromatic heterocycles. The zero-order valence-corrected chi connectivity index (χ0v) is 18.2. The largest absolute Gasteiger partial charge is 0.339 e. The molecule has 32 heavy (non-hydrogen) atoms. The maximum Gasteiger partial charge on any atom is 0.325 e. The van der Waals surface area contributed by atoms with Gasteiger partial charge in [0.15, 0.2) is 0 Å². The second-order valence-corrected chi connectivity index (χ2v) is 8.31. The lowest BCUT2D eigenvalue weighted by molar-refractivity contribution is -0.139. The van der Waals surface area contributed by atoms with Gasteiger partial charge in [0.05, 0.1) is 0 Å². The van der Waals surface area contributed by atoms with E-state index in [4.69, 9.17) is 0 Å². The van der Waals surface area contributed by atoms with Crippen LogP contribution >= 0.6 is 0 Å². The molecule has 0 bridgehead atoms. The van der Waals surface area contributed by atoms with Gasteiger partial charge in [0, 0.05) is 32.7 Å². The minimum atomic E-state index is -1.15. The quantitative estimate of drug-likeness (QED) is 0.711. The van der Waals surface area contributed by atoms with E-state index in [0.29, 0.717) is 18.7 Å². The summed E-state index contributed by atoms with van der Waals surface area (Å²) in [7, 11) is 0. The maximum atomic E-state index is 13.0. The molecule has 2 aromatic carbocycles. The van der Waals surface area contributed by atoms with Gasteiger partial charge in [0.1, 0.15) is 12.1 Å². The highest BCUT2D eigenvalue weighted by Gasteiger charge is 2.49. The SMILES string of the molecule is CC1(c2ccccc2)NC(=O)N(CC(=O)N2CCN(C/C=C/c3ccccc3)CC2)C1=O. The summed E-state index contributed by atoms with van der Waals surface area (Å²) in [6.45, 7) is 4.93. The Hall–Kier alpha value is -3.45. The smallest absolute Gasteiger partial charge is 0.325 e. The molecule has 1 atom stereocenters. The third-order valence-corrected chi connectivity index (χ3v) is 6.12. The molecule has 166 valence electrons. The number of urea groups is 1. The molecule has 2 heterocycles. The second-order valence-electron chi connectivity index (χ2n) is 8.31. The summed E-state index contributed by atoms with van der Waals surface area (Å²) in [5.41, 5.74) is 0.713. The molecule has 4 rings (SSSR count). The number of hydrogen-bond donors (Lipinski definition) is 1. The number of imide groups is 1. The van der Waals surface area contributed by atoms with Crippen molar-refractivity contribution in [1.82, 2.24) is 20.0 Å². The van der Waals surface area contributed by atoms with Gasteiger partial charge in [0.2, 0.25) is 5.91 Å². The van der Waals surface area contributed by atoms with Crippen LogP contribution < -0.4 is 5.32 Å². The summed E-state index contributed by atoms with van der Waals surface area (Å²) in [5, 5.41) is 2.75. The average molecular weight is 433 g/mol. The molecule has 1 N–H and O–H groups in total. The minimum Gasteiger partial charge on any atom is -0.339 e. The number of piperazine rings is 1. The third-order valence-electron chi connectivity index (χ3n) is 6.12. The summed E-state index contributed by atoms with van der Waals surface area (Å²) in [6, 6.07) is 18.7. The van der Waals surface area contributed by atoms with Crippen LogP contribution in [0.3, 0.4) is 0 Å². The number of rotatable bonds is 6. The fraction of sp³-hybridized carbons (Fsp3) is 0.320. The molecular formula is C25H28N4O3. The fourth-order valence-electron chi connectivity index (χ4n) is 4.12. The molecule has 0 spiro atoms. The Kier molecular flexibility index (Phi) is 6.37. The Labute approximate surface area is 188 Å². The van der Waals surface area contributed by atoms with E-state index in [1.807, 2.05) is 36.4 Å². The van der Waals surface area contributed by atoms with Crippen molar-refractivity contribution in [2.45, 2.75) is 12.5 Å². The number of hydrogen-bond acceptors (Lipinski definition) is 4. The van der Waals surface area contributed by atoms with Gasteiger partial charge in [-0.05, 0) is 18.1 Å². The van der Waals surface area contributed by atoms with E-state index < -0.39 is 17.5 Å². The van der Waals surface area contributed by atoms with Crippen molar-refractivity contribution in [2.24, 2.45) is 0 Å². The van der Waals surface area contributed by atoms with Gasteiger partial charge in [-0.1, -0.05) is 72.8 Å². The van der Waals surface area contributed by atoms with E-state index >= 15 is 0 Å². The molecule has 1 unspecified atom stereocenters. The van der Waals surface area contributed by atoms with E-state index in [0.717, 1.165) is 30.1 Å². The van der Waals surface area contributed by atoms with E-state index in [2.05, 4.69) is 34.5 Å². The lowest BCUT2D eigenvalue weighted by atomic mass is 9.92. The van der Waals surface area contributed by atoms with Crippen LogP contribution in [0.4, 0.5) is 4.79 Å². The predicted octanol–water partition coefficient (Wildman–Crippen LogP) is 2.31. The van der Waals surface area contributed by atoms with Gasteiger partial charge in [-0.25, -0.2) is 4.79 Å². The van der Waals surface area contributed by atoms with E-state index in [1.54, 1.807) is 24.0 Å². The summed E-state index contributed by atoms with van der Waals surface area (Å²) < 4.78 is 0. The number of nitrogens with one attached hydrogen (secondary N) is 1. The first-order valence-corrected chi connectivity index (χ1v) is 10.9. The molecule has 2 saturated heterocycles. The number of carbonyl (C=O) groups excluding carboxylic acids is 3. The Balaban J connectivity index is 1.29. The van der Waals surface area contributed by atoms with Crippen LogP contribution in [0.2, 0.25) is 0 Å². The molecule has 2 aromatic rings. The van der Waals surface area contributed by atoms with Gasteiger partial charge in [-0.3, -0.25) is 19.4 Å². The van der Waals surface area contributed by atoms with Crippen LogP contribution in [0.15, 0.2) is 66.7 Å². The first-order valence-electron chi connectivity index (χ1n) is 10.9. The van der Waals surface area contributed by atoms with Crippen molar-refractivity contribution in [2.75, 3.05) is 39.3 Å². The Bertz CT molecular complexity index is 1000. The molecule has 0 radical (unpaired) electrons. The lowest BCUT2D eigenvalue weighted by Gasteiger charge is -2.34. The van der Waals surface area contributed by atoms with E-state index in [1.165, 1.54) is 0 Å². The zero-order chi connectivity index (χ0) is 22.6. The standard InChI is InChI=1S/C25H28N4O3/c1-25(21-12-6-3-7-13-21)23(31)29(24(32)26-25)19-22(30)28-17-15-27(16-18-28)14-8-11-20-9-4-2-5-10-20/h2-13H,14-19H2,1H3,(H,26,32)/b11-8+. The zero-order valence-electron chi connectivity index (χ0n) is 18.2. The Morgan fingerprint density at radius 1 is 0.969 bits per heavy atom. The number of amides is 4. The van der Waals surface area contributed by atoms with Crippen molar-refractivity contribution in [3.63, 3.8) is 0 Å². The van der Waals surface area contributed by atoms with Gasteiger partial charge < -0.3 is 10.2 Å². The number of carbonyl (C=O) groups is 3. The molecule has 0 saturated carbocycles. The van der Waals surface area contributed by atoms with Crippen LogP contribution in [0.25, 0.3) is 6.08 Å². The second kappa shape index (κ2) is 9.36. The Morgan fingerprint density at radius 2 is 1.59 bits per heavy atom. The highest BCUT2D eigenvalue weighted by atomic mass is 16.2. The molecule has 2 aliphatic rings. The predicted molar refractivity (Wildman–Crippen MR) is 123 cm³/mol. The van der Waals surface area contributed by atoms with E-state index in [-0.39, 0.29) is 12.5 Å². The number of nitrogens with zero attached hydrogens (tertiary/aromatic N) is 3. The molecule has 4 amide bonds. The normalized spacial score (nSPS) is 21.9. The molecule has 2 fully saturated rings. The van der Waals surface area contributed by atoms with E-state index in [9.17, 15) is 14.4 Å². The summed E-state index contributed by atoms with van der Waals surface area (Å²) in [5.74, 6) is -0.600. The molecule has 0 aliphatic carbocycles. The molecule has 7 heteroatoms. The molecular weight excluding hydrogens is 404 g/mol. The van der Waals surface area contributed by atoms with Crippen LogP contribution in [0, 0.1) is 0 Å². The molecule has 2 aliphatic heterocycles. The van der Waals surface area contributed by atoms with Gasteiger partial charge in [-0.2, -0.15) is 0 Å². The van der Waals surface area contributed by atoms with Gasteiger partial charge in [-0.15, -0.1) is 0 Å². The first-order chi connectivity index (χ1) is 15.5. The van der Waals surface area contributed by atoms with Gasteiger partial charge >= 0.3 is 6.03 Å². The average Bonchev–Trinajstić information content (AvgIpc) is 3.04. The van der Waals surface area contributed by atoms with Crippen LogP contribution in [-0.4, -0.2) is 71.8 Å². The third kappa shape index (κ3) is 4.57. The van der Waals surface area contributed by atoms with Crippen molar-refractivity contribution in [3.05, 3.63) is 77.9 Å². The van der Waals surface area contributed by atoms with Crippen LogP contribution in [-0.2, 0) is 15.1 Å². The fourth-order valence-corrected chi connectivity index (χ4v) is 4.12. The van der Waals surface area contributed by atoms with Crippen molar-refractivity contribution >= 4 is 23.9 Å². The first kappa shape index (κ1) is 21.8. The summed E-state index contributed by atoms with van der Waals surface area (Å²) in [4.78, 5) is 43.3. The minimum absolute atomic E-state index is 0.203. The van der Waals surface area contributed by atoms with Gasteiger partial charge in [0.25, 0.3) is 5.91 Å².